The van der Waals surface area contributed by atoms with E-state index in [0.29, 0.717) is 17.4 Å². The van der Waals surface area contributed by atoms with Gasteiger partial charge in [-0.25, -0.2) is 0 Å². The molecule has 0 aliphatic carbocycles. The lowest BCUT2D eigenvalue weighted by Gasteiger charge is -2.42. The topological polar surface area (TPSA) is 54.7 Å². The number of nitriles is 1. The van der Waals surface area contributed by atoms with Gasteiger partial charge in [-0.3, -0.25) is 4.90 Å². The minimum absolute atomic E-state index is 0.297. The molecule has 0 saturated heterocycles. The van der Waals surface area contributed by atoms with Gasteiger partial charge in [-0.2, -0.15) is 5.26 Å². The van der Waals surface area contributed by atoms with Gasteiger partial charge in [0, 0.05) is 19.1 Å². The highest BCUT2D eigenvalue weighted by Gasteiger charge is 2.34. The van der Waals surface area contributed by atoms with Gasteiger partial charge in [-0.1, -0.05) is 6.07 Å². The molecular weight excluding hydrogens is 328 g/mol. The molecule has 0 N–H and O–H groups in total. The fourth-order valence-electron chi connectivity index (χ4n) is 4.25. The zero-order valence-electron chi connectivity index (χ0n) is 15.3. The maximum absolute atomic E-state index is 9.61. The summed E-state index contributed by atoms with van der Waals surface area (Å²) >= 11 is 0. The monoisotopic (exact) mass is 350 g/mol. The standard InChI is InChI=1S/C21H22N2O3/c1-24-19-5-4-13-8-18-15-10-21(26-3)20(25-2)9-14(15)6-7-23(18)12-17(13)16(19)11-22/h4-5,9-10,18H,6-8,12H2,1-3H3/t18-/m0/s1. The Kier molecular flexibility index (Phi) is 4.21. The Morgan fingerprint density at radius 2 is 1.73 bits per heavy atom. The first-order chi connectivity index (χ1) is 12.7. The third-order valence-corrected chi connectivity index (χ3v) is 5.59. The van der Waals surface area contributed by atoms with Gasteiger partial charge in [-0.15, -0.1) is 0 Å². The largest absolute Gasteiger partial charge is 0.495 e. The Morgan fingerprint density at radius 3 is 2.42 bits per heavy atom. The van der Waals surface area contributed by atoms with E-state index in [1.54, 1.807) is 21.3 Å². The molecule has 0 amide bonds. The SMILES string of the molecule is COc1cc2c(cc1OC)[C@@H]1Cc3ccc(OC)c(C#N)c3CN1CC2. The Bertz CT molecular complexity index is 901. The van der Waals surface area contributed by atoms with E-state index in [1.807, 2.05) is 6.07 Å². The molecule has 134 valence electrons. The van der Waals surface area contributed by atoms with Crippen molar-refractivity contribution in [3.05, 3.63) is 52.1 Å². The van der Waals surface area contributed by atoms with Gasteiger partial charge in [0.25, 0.3) is 0 Å². The van der Waals surface area contributed by atoms with Crippen molar-refractivity contribution in [2.24, 2.45) is 0 Å². The number of benzene rings is 2. The predicted molar refractivity (Wildman–Crippen MR) is 97.8 cm³/mol. The van der Waals surface area contributed by atoms with Gasteiger partial charge in [0.2, 0.25) is 0 Å². The predicted octanol–water partition coefficient (Wildman–Crippen LogP) is 3.24. The normalized spacial score (nSPS) is 18.2. The van der Waals surface area contributed by atoms with Crippen LogP contribution >= 0.6 is 0 Å². The molecule has 26 heavy (non-hydrogen) atoms. The van der Waals surface area contributed by atoms with Crippen LogP contribution in [0.4, 0.5) is 0 Å². The lowest BCUT2D eigenvalue weighted by atomic mass is 9.82. The zero-order chi connectivity index (χ0) is 18.3. The van der Waals surface area contributed by atoms with Crippen molar-refractivity contribution in [1.82, 2.24) is 4.90 Å². The van der Waals surface area contributed by atoms with Crippen LogP contribution in [0.1, 0.15) is 33.9 Å². The molecule has 0 aromatic heterocycles. The third kappa shape index (κ3) is 2.49. The molecule has 0 spiro atoms. The van der Waals surface area contributed by atoms with Crippen LogP contribution in [0.5, 0.6) is 17.2 Å². The molecule has 5 nitrogen and oxygen atoms in total. The highest BCUT2D eigenvalue weighted by molar-refractivity contribution is 5.55. The minimum atomic E-state index is 0.297. The van der Waals surface area contributed by atoms with Gasteiger partial charge >= 0.3 is 0 Å². The van der Waals surface area contributed by atoms with E-state index in [-0.39, 0.29) is 0 Å². The van der Waals surface area contributed by atoms with Crippen molar-refractivity contribution in [3.63, 3.8) is 0 Å². The average molecular weight is 350 g/mol. The number of methoxy groups -OCH3 is 3. The molecule has 4 rings (SSSR count). The van der Waals surface area contributed by atoms with Crippen LogP contribution in [0.25, 0.3) is 0 Å². The Morgan fingerprint density at radius 1 is 1.00 bits per heavy atom. The number of hydrogen-bond acceptors (Lipinski definition) is 5. The summed E-state index contributed by atoms with van der Waals surface area (Å²) in [6.45, 7) is 1.74. The van der Waals surface area contributed by atoms with Crippen LogP contribution in [0.2, 0.25) is 0 Å². The lowest BCUT2D eigenvalue weighted by Crippen LogP contribution is -2.39. The van der Waals surface area contributed by atoms with E-state index in [9.17, 15) is 5.26 Å². The molecule has 0 unspecified atom stereocenters. The van der Waals surface area contributed by atoms with Crippen LogP contribution in [0.3, 0.4) is 0 Å². The van der Waals surface area contributed by atoms with E-state index in [2.05, 4.69) is 29.2 Å². The smallest absolute Gasteiger partial charge is 0.161 e. The molecule has 1 atom stereocenters. The van der Waals surface area contributed by atoms with Crippen molar-refractivity contribution >= 4 is 0 Å². The van der Waals surface area contributed by atoms with Gasteiger partial charge in [0.15, 0.2) is 11.5 Å². The second-order valence-corrected chi connectivity index (χ2v) is 6.74. The summed E-state index contributed by atoms with van der Waals surface area (Å²) in [5.74, 6) is 2.22. The number of ether oxygens (including phenoxy) is 3. The fourth-order valence-corrected chi connectivity index (χ4v) is 4.25. The van der Waals surface area contributed by atoms with Crippen LogP contribution < -0.4 is 14.2 Å². The molecule has 0 radical (unpaired) electrons. The number of nitrogens with zero attached hydrogens (tertiary/aromatic N) is 2. The molecule has 2 aromatic carbocycles. The Balaban J connectivity index is 1.78. The first-order valence-electron chi connectivity index (χ1n) is 8.77. The number of rotatable bonds is 3. The molecule has 2 heterocycles. The molecule has 2 aliphatic heterocycles. The van der Waals surface area contributed by atoms with Crippen LogP contribution in [0.15, 0.2) is 24.3 Å². The zero-order valence-corrected chi connectivity index (χ0v) is 15.3. The van der Waals surface area contributed by atoms with E-state index in [1.165, 1.54) is 16.7 Å². The van der Waals surface area contributed by atoms with E-state index < -0.39 is 0 Å². The van der Waals surface area contributed by atoms with Crippen LogP contribution in [0, 0.1) is 11.3 Å². The van der Waals surface area contributed by atoms with Gasteiger partial charge in [0.1, 0.15) is 11.8 Å². The first kappa shape index (κ1) is 16.7. The second-order valence-electron chi connectivity index (χ2n) is 6.74. The third-order valence-electron chi connectivity index (χ3n) is 5.59. The summed E-state index contributed by atoms with van der Waals surface area (Å²) < 4.78 is 16.4. The summed E-state index contributed by atoms with van der Waals surface area (Å²) in [7, 11) is 4.96. The van der Waals surface area contributed by atoms with Gasteiger partial charge < -0.3 is 14.2 Å². The fraction of sp³-hybridized carbons (Fsp3) is 0.381. The molecular formula is C21H22N2O3. The Labute approximate surface area is 153 Å². The molecule has 0 saturated carbocycles. The molecule has 0 bridgehead atoms. The summed E-state index contributed by atoms with van der Waals surface area (Å²) in [5, 5.41) is 9.61. The van der Waals surface area contributed by atoms with Crippen molar-refractivity contribution in [2.45, 2.75) is 25.4 Å². The molecule has 0 fully saturated rings. The number of hydrogen-bond donors (Lipinski definition) is 0. The van der Waals surface area contributed by atoms with Gasteiger partial charge in [0.05, 0.1) is 26.9 Å². The highest BCUT2D eigenvalue weighted by Crippen LogP contribution is 2.43. The van der Waals surface area contributed by atoms with Crippen molar-refractivity contribution < 1.29 is 14.2 Å². The minimum Gasteiger partial charge on any atom is -0.495 e. The first-order valence-corrected chi connectivity index (χ1v) is 8.77. The Hall–Kier alpha value is -2.71. The maximum Gasteiger partial charge on any atom is 0.161 e. The van der Waals surface area contributed by atoms with Crippen molar-refractivity contribution in [1.29, 1.82) is 5.26 Å². The molecule has 2 aliphatic rings. The molecule has 2 aromatic rings. The van der Waals surface area contributed by atoms with Gasteiger partial charge in [-0.05, 0) is 53.3 Å². The highest BCUT2D eigenvalue weighted by atomic mass is 16.5. The summed E-state index contributed by atoms with van der Waals surface area (Å²) in [4.78, 5) is 2.46. The number of fused-ring (bicyclic) bond motifs is 4. The lowest BCUT2D eigenvalue weighted by molar-refractivity contribution is 0.160. The second kappa shape index (κ2) is 6.54. The summed E-state index contributed by atoms with van der Waals surface area (Å²) in [6, 6.07) is 10.9. The summed E-state index contributed by atoms with van der Waals surface area (Å²) in [6.07, 6.45) is 1.85. The quantitative estimate of drug-likeness (QED) is 0.851. The van der Waals surface area contributed by atoms with Crippen molar-refractivity contribution in [3.8, 4) is 23.3 Å². The van der Waals surface area contributed by atoms with Crippen molar-refractivity contribution in [2.75, 3.05) is 27.9 Å². The van der Waals surface area contributed by atoms with Crippen LogP contribution in [-0.2, 0) is 19.4 Å². The molecule has 5 heteroatoms. The van der Waals surface area contributed by atoms with Crippen LogP contribution in [-0.4, -0.2) is 32.8 Å². The maximum atomic E-state index is 9.61. The summed E-state index contributed by atoms with van der Waals surface area (Å²) in [5.41, 5.74) is 5.62. The van der Waals surface area contributed by atoms with E-state index in [4.69, 9.17) is 14.2 Å². The van der Waals surface area contributed by atoms with E-state index >= 15 is 0 Å². The van der Waals surface area contributed by atoms with E-state index in [0.717, 1.165) is 43.0 Å². The average Bonchev–Trinajstić information content (AvgIpc) is 2.70.